The monoisotopic (exact) mass is 499 g/mol. The Morgan fingerprint density at radius 1 is 1.09 bits per heavy atom. The summed E-state index contributed by atoms with van der Waals surface area (Å²) in [6, 6.07) is 18.3. The molecule has 0 heterocycles. The first-order valence-corrected chi connectivity index (χ1v) is 12.1. The smallest absolute Gasteiger partial charge is 0.271 e. The number of carbonyl (C=O) groups excluding carboxylic acids is 1. The zero-order valence-electron chi connectivity index (χ0n) is 19.4. The normalized spacial score (nSPS) is 11.9. The molecule has 3 rings (SSSR count). The van der Waals surface area contributed by atoms with E-state index in [4.69, 9.17) is 9.47 Å². The van der Waals surface area contributed by atoms with Gasteiger partial charge >= 0.3 is 0 Å². The number of ether oxygens (including phenoxy) is 2. The highest BCUT2D eigenvalue weighted by atomic mass is 32.2. The van der Waals surface area contributed by atoms with Gasteiger partial charge in [0.1, 0.15) is 11.5 Å². The number of anilines is 2. The topological polar surface area (TPSA) is 128 Å². The van der Waals surface area contributed by atoms with Crippen LogP contribution in [0.2, 0.25) is 0 Å². The molecule has 0 saturated carbocycles. The lowest BCUT2D eigenvalue weighted by atomic mass is 10.2. The van der Waals surface area contributed by atoms with Crippen molar-refractivity contribution in [2.75, 3.05) is 23.3 Å². The summed E-state index contributed by atoms with van der Waals surface area (Å²) in [5.41, 5.74) is 0.476. The summed E-state index contributed by atoms with van der Waals surface area (Å²) in [6.07, 6.45) is -0.988. The molecule has 3 aromatic rings. The average molecular weight is 500 g/mol. The maximum Gasteiger partial charge on any atom is 0.271 e. The van der Waals surface area contributed by atoms with Gasteiger partial charge in [0.15, 0.2) is 6.10 Å². The van der Waals surface area contributed by atoms with Crippen LogP contribution in [-0.4, -0.2) is 39.0 Å². The number of nitro benzene ring substituents is 1. The molecule has 0 aromatic heterocycles. The van der Waals surface area contributed by atoms with Crippen molar-refractivity contribution in [1.82, 2.24) is 0 Å². The van der Waals surface area contributed by atoms with Crippen LogP contribution in [0.15, 0.2) is 77.7 Å². The van der Waals surface area contributed by atoms with Crippen LogP contribution in [-0.2, 0) is 14.8 Å². The van der Waals surface area contributed by atoms with Gasteiger partial charge in [-0.1, -0.05) is 18.2 Å². The number of methoxy groups -OCH3 is 1. The number of rotatable bonds is 10. The Hall–Kier alpha value is -4.12. The molecular formula is C24H25N3O7S. The van der Waals surface area contributed by atoms with Crippen molar-refractivity contribution in [1.29, 1.82) is 0 Å². The molecule has 1 amide bonds. The molecule has 3 aromatic carbocycles. The van der Waals surface area contributed by atoms with E-state index >= 15 is 0 Å². The molecular weight excluding hydrogens is 474 g/mol. The summed E-state index contributed by atoms with van der Waals surface area (Å²) >= 11 is 0. The SMILES string of the molecule is CCN(c1ccccc1)S(=O)(=O)c1ccc(O[C@@H](C)C(=O)Nc2cc([N+](=O)[O-])ccc2OC)cc1. The summed E-state index contributed by atoms with van der Waals surface area (Å²) in [5, 5.41) is 13.6. The molecule has 11 heteroatoms. The molecule has 35 heavy (non-hydrogen) atoms. The van der Waals surface area contributed by atoms with E-state index in [1.807, 2.05) is 6.07 Å². The lowest BCUT2D eigenvalue weighted by Gasteiger charge is -2.23. The van der Waals surface area contributed by atoms with Crippen LogP contribution in [0.25, 0.3) is 0 Å². The molecule has 184 valence electrons. The van der Waals surface area contributed by atoms with Crippen molar-refractivity contribution in [3.63, 3.8) is 0 Å². The zero-order valence-corrected chi connectivity index (χ0v) is 20.2. The van der Waals surface area contributed by atoms with Crippen molar-refractivity contribution in [3.8, 4) is 11.5 Å². The summed E-state index contributed by atoms with van der Waals surface area (Å²) in [7, 11) is -2.42. The van der Waals surface area contributed by atoms with Gasteiger partial charge in [0.05, 0.1) is 28.3 Å². The number of nitrogens with one attached hydrogen (secondary N) is 1. The molecule has 1 atom stereocenters. The molecule has 0 fully saturated rings. The fourth-order valence-electron chi connectivity index (χ4n) is 3.30. The van der Waals surface area contributed by atoms with E-state index in [0.29, 0.717) is 5.69 Å². The Bertz CT molecular complexity index is 1300. The van der Waals surface area contributed by atoms with E-state index < -0.39 is 27.0 Å². The summed E-state index contributed by atoms with van der Waals surface area (Å²) in [5.74, 6) is -0.0355. The summed E-state index contributed by atoms with van der Waals surface area (Å²) < 4.78 is 38.3. The molecule has 1 N–H and O–H groups in total. The zero-order chi connectivity index (χ0) is 25.6. The van der Waals surface area contributed by atoms with E-state index in [-0.39, 0.29) is 34.3 Å². The van der Waals surface area contributed by atoms with Crippen molar-refractivity contribution in [2.45, 2.75) is 24.8 Å². The number of non-ortho nitro benzene ring substituents is 1. The number of carbonyl (C=O) groups is 1. The lowest BCUT2D eigenvalue weighted by Crippen LogP contribution is -2.31. The highest BCUT2D eigenvalue weighted by Gasteiger charge is 2.24. The highest BCUT2D eigenvalue weighted by Crippen LogP contribution is 2.29. The fourth-order valence-corrected chi connectivity index (χ4v) is 4.78. The van der Waals surface area contributed by atoms with Crippen LogP contribution < -0.4 is 19.1 Å². The van der Waals surface area contributed by atoms with E-state index in [1.165, 1.54) is 60.8 Å². The molecule has 10 nitrogen and oxygen atoms in total. The predicted molar refractivity (Wildman–Crippen MR) is 131 cm³/mol. The second-order valence-electron chi connectivity index (χ2n) is 7.37. The molecule has 0 bridgehead atoms. The minimum atomic E-state index is -3.80. The van der Waals surface area contributed by atoms with Crippen LogP contribution in [0.4, 0.5) is 17.1 Å². The van der Waals surface area contributed by atoms with Gasteiger partial charge in [0, 0.05) is 18.7 Å². The van der Waals surface area contributed by atoms with Crippen LogP contribution >= 0.6 is 0 Å². The van der Waals surface area contributed by atoms with Gasteiger partial charge in [-0.3, -0.25) is 19.2 Å². The number of sulfonamides is 1. The minimum Gasteiger partial charge on any atom is -0.495 e. The third kappa shape index (κ3) is 5.87. The maximum absolute atomic E-state index is 13.1. The number of hydrogen-bond acceptors (Lipinski definition) is 7. The van der Waals surface area contributed by atoms with E-state index in [0.717, 1.165) is 0 Å². The van der Waals surface area contributed by atoms with E-state index in [9.17, 15) is 23.3 Å². The van der Waals surface area contributed by atoms with Gasteiger partial charge in [0.2, 0.25) is 0 Å². The maximum atomic E-state index is 13.1. The molecule has 0 radical (unpaired) electrons. The Labute approximate surface area is 203 Å². The van der Waals surface area contributed by atoms with Gasteiger partial charge in [-0.05, 0) is 56.3 Å². The van der Waals surface area contributed by atoms with Crippen LogP contribution in [0.3, 0.4) is 0 Å². The largest absolute Gasteiger partial charge is 0.495 e. The fraction of sp³-hybridized carbons (Fsp3) is 0.208. The summed E-state index contributed by atoms with van der Waals surface area (Å²) in [4.78, 5) is 23.1. The van der Waals surface area contributed by atoms with Gasteiger partial charge in [-0.2, -0.15) is 0 Å². The average Bonchev–Trinajstić information content (AvgIpc) is 2.85. The second-order valence-corrected chi connectivity index (χ2v) is 9.23. The first-order valence-electron chi connectivity index (χ1n) is 10.6. The van der Waals surface area contributed by atoms with Crippen molar-refractivity contribution in [2.24, 2.45) is 0 Å². The molecule has 0 saturated heterocycles. The van der Waals surface area contributed by atoms with Gasteiger partial charge < -0.3 is 14.8 Å². The van der Waals surface area contributed by atoms with Crippen LogP contribution in [0.5, 0.6) is 11.5 Å². The number of nitro groups is 1. The molecule has 0 aliphatic carbocycles. The Balaban J connectivity index is 1.72. The number of nitrogens with zero attached hydrogens (tertiary/aromatic N) is 2. The predicted octanol–water partition coefficient (Wildman–Crippen LogP) is 4.22. The first kappa shape index (κ1) is 25.5. The van der Waals surface area contributed by atoms with Crippen molar-refractivity contribution < 1.29 is 27.6 Å². The van der Waals surface area contributed by atoms with Crippen LogP contribution in [0, 0.1) is 10.1 Å². The van der Waals surface area contributed by atoms with Crippen molar-refractivity contribution >= 4 is 33.0 Å². The third-order valence-corrected chi connectivity index (χ3v) is 6.99. The molecule has 0 unspecified atom stereocenters. The van der Waals surface area contributed by atoms with E-state index in [2.05, 4.69) is 5.32 Å². The Morgan fingerprint density at radius 2 is 1.74 bits per heavy atom. The van der Waals surface area contributed by atoms with Gasteiger partial charge in [-0.15, -0.1) is 0 Å². The Kier molecular flexibility index (Phi) is 7.92. The van der Waals surface area contributed by atoms with E-state index in [1.54, 1.807) is 31.2 Å². The minimum absolute atomic E-state index is 0.0778. The molecule has 0 spiro atoms. The number of amides is 1. The lowest BCUT2D eigenvalue weighted by molar-refractivity contribution is -0.384. The standard InChI is InChI=1S/C24H25N3O7S/c1-4-26(18-8-6-5-7-9-18)35(31,32)21-13-11-20(12-14-21)34-17(2)24(28)25-22-16-19(27(29)30)10-15-23(22)33-3/h5-17H,4H2,1-3H3,(H,25,28)/t17-/m0/s1. The summed E-state index contributed by atoms with van der Waals surface area (Å²) in [6.45, 7) is 3.50. The number of hydrogen-bond donors (Lipinski definition) is 1. The van der Waals surface area contributed by atoms with Gasteiger partial charge in [0.25, 0.3) is 21.6 Å². The molecule has 0 aliphatic rings. The Morgan fingerprint density at radius 3 is 2.31 bits per heavy atom. The highest BCUT2D eigenvalue weighted by molar-refractivity contribution is 7.92. The molecule has 0 aliphatic heterocycles. The first-order chi connectivity index (χ1) is 16.7. The third-order valence-electron chi connectivity index (χ3n) is 5.08. The van der Waals surface area contributed by atoms with Gasteiger partial charge in [-0.25, -0.2) is 8.42 Å². The number of para-hydroxylation sites is 1. The second kappa shape index (κ2) is 10.9. The quantitative estimate of drug-likeness (QED) is 0.327. The van der Waals surface area contributed by atoms with Crippen LogP contribution in [0.1, 0.15) is 13.8 Å². The number of benzene rings is 3. The van der Waals surface area contributed by atoms with Crippen molar-refractivity contribution in [3.05, 3.63) is 82.9 Å².